The third-order valence-corrected chi connectivity index (χ3v) is 4.96. The lowest BCUT2D eigenvalue weighted by atomic mass is 10.1. The second kappa shape index (κ2) is 8.90. The lowest BCUT2D eigenvalue weighted by Crippen LogP contribution is -2.33. The predicted molar refractivity (Wildman–Crippen MR) is 104 cm³/mol. The largest absolute Gasteiger partial charge is 0.496 e. The van der Waals surface area contributed by atoms with Crippen LogP contribution in [0.1, 0.15) is 11.8 Å². The molecule has 2 aromatic heterocycles. The number of nitrogens with two attached hydrogens (primary N) is 1. The molecule has 0 unspecified atom stereocenters. The zero-order valence-corrected chi connectivity index (χ0v) is 16.3. The minimum absolute atomic E-state index is 0.0651. The van der Waals surface area contributed by atoms with Gasteiger partial charge in [-0.05, 0) is 11.6 Å². The molecule has 11 nitrogen and oxygen atoms in total. The second-order valence-electron chi connectivity index (χ2n) is 6.80. The van der Waals surface area contributed by atoms with Crippen LogP contribution in [0.3, 0.4) is 0 Å². The summed E-state index contributed by atoms with van der Waals surface area (Å²) in [6.45, 7) is 0.224. The quantitative estimate of drug-likeness (QED) is 0.264. The van der Waals surface area contributed by atoms with Gasteiger partial charge in [-0.1, -0.05) is 18.2 Å². The first-order chi connectivity index (χ1) is 14.6. The number of ether oxygens (including phenoxy) is 2. The van der Waals surface area contributed by atoms with Crippen LogP contribution in [0, 0.1) is 0 Å². The maximum Gasteiger partial charge on any atom is 0.167 e. The number of hydrogen-bond acceptors (Lipinski definition) is 10. The zero-order chi connectivity index (χ0) is 21.1. The number of benzene rings is 1. The fourth-order valence-electron chi connectivity index (χ4n) is 3.39. The molecule has 0 amide bonds. The van der Waals surface area contributed by atoms with E-state index >= 15 is 0 Å². The molecule has 1 aliphatic rings. The van der Waals surface area contributed by atoms with Crippen LogP contribution >= 0.6 is 0 Å². The molecular weight excluding hydrogens is 394 g/mol. The number of hydrogen-bond donors (Lipinski definition) is 3. The lowest BCUT2D eigenvalue weighted by molar-refractivity contribution is -0.309. The summed E-state index contributed by atoms with van der Waals surface area (Å²) < 4.78 is 12.6. The third kappa shape index (κ3) is 3.93. The molecule has 0 spiro atoms. The Bertz CT molecular complexity index is 998. The zero-order valence-electron chi connectivity index (χ0n) is 16.3. The minimum atomic E-state index is -1.21. The minimum Gasteiger partial charge on any atom is -0.496 e. The van der Waals surface area contributed by atoms with Crippen molar-refractivity contribution < 1.29 is 29.5 Å². The molecule has 3 heterocycles. The Labute approximate surface area is 171 Å². The van der Waals surface area contributed by atoms with Gasteiger partial charge in [-0.25, -0.2) is 24.7 Å². The van der Waals surface area contributed by atoms with Crippen LogP contribution in [0.25, 0.3) is 11.2 Å². The second-order valence-corrected chi connectivity index (χ2v) is 6.80. The van der Waals surface area contributed by atoms with Crippen LogP contribution < -0.4 is 10.5 Å². The van der Waals surface area contributed by atoms with Gasteiger partial charge in [0.2, 0.25) is 0 Å². The smallest absolute Gasteiger partial charge is 0.167 e. The molecule has 0 aliphatic carbocycles. The van der Waals surface area contributed by atoms with Crippen molar-refractivity contribution in [1.82, 2.24) is 19.5 Å². The first-order valence-electron chi connectivity index (χ1n) is 9.41. The molecule has 1 aromatic carbocycles. The molecule has 30 heavy (non-hydrogen) atoms. The molecule has 4 N–H and O–H groups in total. The van der Waals surface area contributed by atoms with Crippen LogP contribution in [-0.4, -0.2) is 68.4 Å². The van der Waals surface area contributed by atoms with Crippen molar-refractivity contribution >= 4 is 17.0 Å². The summed E-state index contributed by atoms with van der Waals surface area (Å²) in [6.07, 6.45) is -0.766. The molecule has 0 bridgehead atoms. The van der Waals surface area contributed by atoms with E-state index in [0.717, 1.165) is 11.3 Å². The van der Waals surface area contributed by atoms with Gasteiger partial charge in [0.15, 0.2) is 17.7 Å². The number of methoxy groups -OCH3 is 1. The van der Waals surface area contributed by atoms with Crippen molar-refractivity contribution in [2.24, 2.45) is 0 Å². The Morgan fingerprint density at radius 3 is 2.80 bits per heavy atom. The van der Waals surface area contributed by atoms with Gasteiger partial charge in [-0.2, -0.15) is 0 Å². The number of rotatable bonds is 8. The van der Waals surface area contributed by atoms with Gasteiger partial charge >= 0.3 is 0 Å². The van der Waals surface area contributed by atoms with E-state index in [0.29, 0.717) is 17.6 Å². The van der Waals surface area contributed by atoms with Gasteiger partial charge in [-0.3, -0.25) is 4.57 Å². The highest BCUT2D eigenvalue weighted by molar-refractivity contribution is 5.81. The van der Waals surface area contributed by atoms with E-state index in [1.165, 1.54) is 17.2 Å². The van der Waals surface area contributed by atoms with Crippen molar-refractivity contribution in [3.63, 3.8) is 0 Å². The fraction of sp³-hybridized carbons (Fsp3) is 0.421. The maximum absolute atomic E-state index is 10.4. The Morgan fingerprint density at radius 1 is 1.13 bits per heavy atom. The lowest BCUT2D eigenvalue weighted by Gasteiger charge is -2.16. The normalized spacial score (nSPS) is 23.8. The average molecular weight is 417 g/mol. The molecule has 4 atom stereocenters. The molecule has 0 saturated carbocycles. The highest BCUT2D eigenvalue weighted by Gasteiger charge is 2.44. The van der Waals surface area contributed by atoms with E-state index in [4.69, 9.17) is 25.0 Å². The fourth-order valence-corrected chi connectivity index (χ4v) is 3.39. The Morgan fingerprint density at radius 2 is 1.97 bits per heavy atom. The van der Waals surface area contributed by atoms with E-state index in [1.807, 2.05) is 24.3 Å². The molecule has 11 heteroatoms. The summed E-state index contributed by atoms with van der Waals surface area (Å²) in [7, 11) is 1.61. The number of imidazole rings is 1. The molecule has 1 aliphatic heterocycles. The van der Waals surface area contributed by atoms with Gasteiger partial charge < -0.3 is 25.4 Å². The molecule has 0 radical (unpaired) electrons. The maximum atomic E-state index is 10.4. The molecule has 1 fully saturated rings. The SMILES string of the molecule is COc1ccccc1CCOOC[C@H]1O[C@@H](n2cnc3c(N)ncnc32)[C@H](O)[C@@H]1O. The van der Waals surface area contributed by atoms with E-state index in [2.05, 4.69) is 15.0 Å². The van der Waals surface area contributed by atoms with E-state index in [-0.39, 0.29) is 19.0 Å². The van der Waals surface area contributed by atoms with Gasteiger partial charge in [0, 0.05) is 6.42 Å². The topological polar surface area (TPSA) is 147 Å². The number of nitrogen functional groups attached to an aromatic ring is 1. The molecular formula is C19H23N5O6. The number of nitrogens with zero attached hydrogens (tertiary/aromatic N) is 4. The summed E-state index contributed by atoms with van der Waals surface area (Å²) in [4.78, 5) is 22.6. The van der Waals surface area contributed by atoms with Gasteiger partial charge in [0.05, 0.1) is 20.0 Å². The van der Waals surface area contributed by atoms with Crippen molar-refractivity contribution in [2.75, 3.05) is 26.1 Å². The van der Waals surface area contributed by atoms with Crippen LogP contribution in [0.15, 0.2) is 36.9 Å². The number of aliphatic hydroxyl groups excluding tert-OH is 2. The van der Waals surface area contributed by atoms with Gasteiger partial charge in [0.25, 0.3) is 0 Å². The van der Waals surface area contributed by atoms with Crippen LogP contribution in [0.2, 0.25) is 0 Å². The number of aliphatic hydroxyl groups is 2. The van der Waals surface area contributed by atoms with Gasteiger partial charge in [-0.15, -0.1) is 0 Å². The molecule has 1 saturated heterocycles. The van der Waals surface area contributed by atoms with E-state index < -0.39 is 24.5 Å². The summed E-state index contributed by atoms with van der Waals surface area (Å²) in [5.41, 5.74) is 7.57. The number of anilines is 1. The van der Waals surface area contributed by atoms with Crippen molar-refractivity contribution in [3.05, 3.63) is 42.5 Å². The standard InChI is InChI=1S/C19H23N5O6/c1-27-12-5-3-2-4-11(12)6-7-28-29-8-13-15(25)16(26)19(30-13)24-10-23-14-17(20)21-9-22-18(14)24/h2-5,9-10,13,15-16,19,25-26H,6-8H2,1H3,(H2,20,21,22)/t13-,15-,16-,19-/m1/s1. The van der Waals surface area contributed by atoms with Crippen LogP contribution in [0.5, 0.6) is 5.75 Å². The Hall–Kier alpha value is -2.83. The molecule has 160 valence electrons. The summed E-state index contributed by atoms with van der Waals surface area (Å²) in [5.74, 6) is 0.994. The number of aromatic nitrogens is 4. The highest BCUT2D eigenvalue weighted by atomic mass is 17.2. The van der Waals surface area contributed by atoms with Crippen molar-refractivity contribution in [3.8, 4) is 5.75 Å². The Balaban J connectivity index is 1.32. The third-order valence-electron chi connectivity index (χ3n) is 4.96. The predicted octanol–water partition coefficient (Wildman–Crippen LogP) is 0.227. The molecule has 4 rings (SSSR count). The number of para-hydroxylation sites is 1. The Kier molecular flexibility index (Phi) is 6.06. The molecule has 3 aromatic rings. The first-order valence-corrected chi connectivity index (χ1v) is 9.41. The van der Waals surface area contributed by atoms with Crippen LogP contribution in [-0.2, 0) is 20.9 Å². The monoisotopic (exact) mass is 417 g/mol. The van der Waals surface area contributed by atoms with Crippen molar-refractivity contribution in [2.45, 2.75) is 31.0 Å². The summed E-state index contributed by atoms with van der Waals surface area (Å²) in [5, 5.41) is 20.8. The summed E-state index contributed by atoms with van der Waals surface area (Å²) in [6, 6.07) is 7.63. The first kappa shape index (κ1) is 20.4. The van der Waals surface area contributed by atoms with E-state index in [1.54, 1.807) is 7.11 Å². The highest BCUT2D eigenvalue weighted by Crippen LogP contribution is 2.32. The van der Waals surface area contributed by atoms with Crippen LogP contribution in [0.4, 0.5) is 5.82 Å². The van der Waals surface area contributed by atoms with Gasteiger partial charge in [0.1, 0.15) is 42.5 Å². The number of fused-ring (bicyclic) bond motifs is 1. The van der Waals surface area contributed by atoms with Crippen molar-refractivity contribution in [1.29, 1.82) is 0 Å². The summed E-state index contributed by atoms with van der Waals surface area (Å²) >= 11 is 0. The van der Waals surface area contributed by atoms with E-state index in [9.17, 15) is 10.2 Å². The average Bonchev–Trinajstić information content (AvgIpc) is 3.31.